The molecule has 110 valence electrons. The zero-order chi connectivity index (χ0) is 14.7. The minimum atomic E-state index is 0.0927. The first-order chi connectivity index (χ1) is 9.49. The molecule has 0 unspecified atom stereocenters. The Morgan fingerprint density at radius 2 is 1.75 bits per heavy atom. The minimum Gasteiger partial charge on any atom is -0.371 e. The average Bonchev–Trinajstić information content (AvgIpc) is 2.46. The molecule has 0 saturated carbocycles. The molecule has 1 amide bonds. The van der Waals surface area contributed by atoms with Crippen molar-refractivity contribution in [1.29, 1.82) is 0 Å². The largest absolute Gasteiger partial charge is 0.371 e. The van der Waals surface area contributed by atoms with Crippen LogP contribution >= 0.6 is 0 Å². The molecule has 2 rings (SSSR count). The van der Waals surface area contributed by atoms with Gasteiger partial charge < -0.3 is 9.80 Å². The molecule has 1 saturated heterocycles. The smallest absolute Gasteiger partial charge is 0.225 e. The lowest BCUT2D eigenvalue weighted by atomic mass is 10.0. The third-order valence-electron chi connectivity index (χ3n) is 4.25. The zero-order valence-electron chi connectivity index (χ0n) is 13.1. The van der Waals surface area contributed by atoms with Crippen molar-refractivity contribution in [3.63, 3.8) is 0 Å². The van der Waals surface area contributed by atoms with Crippen LogP contribution in [0, 0.1) is 12.8 Å². The summed E-state index contributed by atoms with van der Waals surface area (Å²) in [5, 5.41) is 0. The van der Waals surface area contributed by atoms with Crippen molar-refractivity contribution >= 4 is 11.6 Å². The van der Waals surface area contributed by atoms with Crippen LogP contribution in [0.1, 0.15) is 32.3 Å². The van der Waals surface area contributed by atoms with Gasteiger partial charge in [0.25, 0.3) is 0 Å². The number of rotatable bonds is 3. The van der Waals surface area contributed by atoms with Crippen LogP contribution in [-0.4, -0.2) is 37.0 Å². The molecule has 0 atom stereocenters. The molecule has 3 nitrogen and oxygen atoms in total. The number of amides is 1. The molecule has 0 aliphatic carbocycles. The highest BCUT2D eigenvalue weighted by Crippen LogP contribution is 2.23. The first-order valence-electron chi connectivity index (χ1n) is 7.57. The lowest BCUT2D eigenvalue weighted by Crippen LogP contribution is -2.46. The van der Waals surface area contributed by atoms with Gasteiger partial charge in [0.05, 0.1) is 0 Å². The van der Waals surface area contributed by atoms with Crippen LogP contribution in [0.2, 0.25) is 0 Å². The Morgan fingerprint density at radius 1 is 1.20 bits per heavy atom. The second-order valence-corrected chi connectivity index (χ2v) is 6.16. The van der Waals surface area contributed by atoms with Gasteiger partial charge in [0.1, 0.15) is 0 Å². The molecule has 1 aromatic rings. The monoisotopic (exact) mass is 274 g/mol. The minimum absolute atomic E-state index is 0.0927. The van der Waals surface area contributed by atoms with E-state index in [1.807, 2.05) is 25.8 Å². The van der Waals surface area contributed by atoms with Crippen LogP contribution < -0.4 is 4.90 Å². The number of hydrogen-bond acceptors (Lipinski definition) is 2. The number of nitrogens with zero attached hydrogens (tertiary/aromatic N) is 2. The molecule has 0 bridgehead atoms. The Morgan fingerprint density at radius 3 is 2.25 bits per heavy atom. The Kier molecular flexibility index (Phi) is 4.69. The summed E-state index contributed by atoms with van der Waals surface area (Å²) in [5.74, 6) is 0.355. The van der Waals surface area contributed by atoms with Gasteiger partial charge in [0.2, 0.25) is 5.91 Å². The molecule has 1 aliphatic rings. The van der Waals surface area contributed by atoms with Gasteiger partial charge >= 0.3 is 0 Å². The predicted octanol–water partition coefficient (Wildman–Crippen LogP) is 3.08. The van der Waals surface area contributed by atoms with Gasteiger partial charge in [-0.3, -0.25) is 4.79 Å². The van der Waals surface area contributed by atoms with Gasteiger partial charge in [0.15, 0.2) is 0 Å². The fourth-order valence-electron chi connectivity index (χ4n) is 2.85. The first-order valence-corrected chi connectivity index (χ1v) is 7.57. The molecular weight excluding hydrogens is 248 g/mol. The SMILES string of the molecule is Cc1ccc(N2CCC(N(C)C(=O)C(C)C)CC2)cc1. The normalized spacial score (nSPS) is 16.6. The maximum atomic E-state index is 12.0. The highest BCUT2D eigenvalue weighted by Gasteiger charge is 2.26. The molecule has 3 heteroatoms. The molecule has 1 fully saturated rings. The molecule has 0 aromatic heterocycles. The molecular formula is C17H26N2O. The number of piperidine rings is 1. The highest BCUT2D eigenvalue weighted by molar-refractivity contribution is 5.78. The van der Waals surface area contributed by atoms with Gasteiger partial charge in [-0.2, -0.15) is 0 Å². The van der Waals surface area contributed by atoms with E-state index in [1.54, 1.807) is 0 Å². The van der Waals surface area contributed by atoms with Crippen molar-refractivity contribution in [2.75, 3.05) is 25.0 Å². The maximum Gasteiger partial charge on any atom is 0.225 e. The van der Waals surface area contributed by atoms with Gasteiger partial charge in [-0.15, -0.1) is 0 Å². The Bertz CT molecular complexity index is 445. The van der Waals surface area contributed by atoms with Gasteiger partial charge in [0, 0.05) is 37.8 Å². The topological polar surface area (TPSA) is 23.6 Å². The Labute approximate surface area is 122 Å². The van der Waals surface area contributed by atoms with Crippen molar-refractivity contribution in [3.05, 3.63) is 29.8 Å². The van der Waals surface area contributed by atoms with Crippen molar-refractivity contribution in [1.82, 2.24) is 4.90 Å². The van der Waals surface area contributed by atoms with Crippen molar-refractivity contribution in [3.8, 4) is 0 Å². The van der Waals surface area contributed by atoms with Gasteiger partial charge in [-0.25, -0.2) is 0 Å². The van der Waals surface area contributed by atoms with E-state index in [0.717, 1.165) is 25.9 Å². The number of anilines is 1. The molecule has 20 heavy (non-hydrogen) atoms. The van der Waals surface area contributed by atoms with E-state index >= 15 is 0 Å². The number of carbonyl (C=O) groups is 1. The Balaban J connectivity index is 1.92. The molecule has 1 heterocycles. The highest BCUT2D eigenvalue weighted by atomic mass is 16.2. The summed E-state index contributed by atoms with van der Waals surface area (Å²) in [7, 11) is 1.95. The molecule has 0 N–H and O–H groups in total. The van der Waals surface area contributed by atoms with E-state index in [9.17, 15) is 4.79 Å². The summed E-state index contributed by atoms with van der Waals surface area (Å²) in [6.45, 7) is 8.12. The van der Waals surface area contributed by atoms with Crippen LogP contribution in [0.15, 0.2) is 24.3 Å². The van der Waals surface area contributed by atoms with Crippen LogP contribution in [-0.2, 0) is 4.79 Å². The number of carbonyl (C=O) groups excluding carboxylic acids is 1. The van der Waals surface area contributed by atoms with Crippen molar-refractivity contribution < 1.29 is 4.79 Å². The van der Waals surface area contributed by atoms with Crippen LogP contribution in [0.25, 0.3) is 0 Å². The van der Waals surface area contributed by atoms with E-state index in [-0.39, 0.29) is 11.8 Å². The summed E-state index contributed by atoms with van der Waals surface area (Å²) in [6.07, 6.45) is 2.12. The second-order valence-electron chi connectivity index (χ2n) is 6.16. The first kappa shape index (κ1) is 14.9. The standard InChI is InChI=1S/C17H26N2O/c1-13(2)17(20)18(4)15-9-11-19(12-10-15)16-7-5-14(3)6-8-16/h5-8,13,15H,9-12H2,1-4H3. The number of benzene rings is 1. The summed E-state index contributed by atoms with van der Waals surface area (Å²) in [5.41, 5.74) is 2.60. The molecule has 1 aliphatic heterocycles. The molecule has 1 aromatic carbocycles. The van der Waals surface area contributed by atoms with Crippen LogP contribution in [0.5, 0.6) is 0 Å². The molecule has 0 radical (unpaired) electrons. The summed E-state index contributed by atoms with van der Waals surface area (Å²) in [6, 6.07) is 9.11. The Hall–Kier alpha value is -1.51. The van der Waals surface area contributed by atoms with Crippen molar-refractivity contribution in [2.24, 2.45) is 5.92 Å². The van der Waals surface area contributed by atoms with Crippen molar-refractivity contribution in [2.45, 2.75) is 39.7 Å². The summed E-state index contributed by atoms with van der Waals surface area (Å²) in [4.78, 5) is 16.4. The van der Waals surface area contributed by atoms with Gasteiger partial charge in [-0.1, -0.05) is 31.5 Å². The van der Waals surface area contributed by atoms with Crippen LogP contribution in [0.4, 0.5) is 5.69 Å². The van der Waals surface area contributed by atoms with E-state index < -0.39 is 0 Å². The average molecular weight is 274 g/mol. The van der Waals surface area contributed by atoms with E-state index in [1.165, 1.54) is 11.3 Å². The predicted molar refractivity (Wildman–Crippen MR) is 84.0 cm³/mol. The van der Waals surface area contributed by atoms with E-state index in [2.05, 4.69) is 36.1 Å². The fourth-order valence-corrected chi connectivity index (χ4v) is 2.85. The number of hydrogen-bond donors (Lipinski definition) is 0. The quantitative estimate of drug-likeness (QED) is 0.845. The maximum absolute atomic E-state index is 12.0. The summed E-state index contributed by atoms with van der Waals surface area (Å²) >= 11 is 0. The lowest BCUT2D eigenvalue weighted by Gasteiger charge is -2.38. The second kappa shape index (κ2) is 6.29. The van der Waals surface area contributed by atoms with E-state index in [0.29, 0.717) is 6.04 Å². The summed E-state index contributed by atoms with van der Waals surface area (Å²) < 4.78 is 0. The molecule has 0 spiro atoms. The van der Waals surface area contributed by atoms with E-state index in [4.69, 9.17) is 0 Å². The van der Waals surface area contributed by atoms with Crippen LogP contribution in [0.3, 0.4) is 0 Å². The fraction of sp³-hybridized carbons (Fsp3) is 0.588. The zero-order valence-corrected chi connectivity index (χ0v) is 13.1. The number of aryl methyl sites for hydroxylation is 1. The lowest BCUT2D eigenvalue weighted by molar-refractivity contribution is -0.135. The van der Waals surface area contributed by atoms with Gasteiger partial charge in [-0.05, 0) is 31.9 Å². The third-order valence-corrected chi connectivity index (χ3v) is 4.25. The third kappa shape index (κ3) is 3.33.